The fraction of sp³-hybridized carbons (Fsp3) is 0.250. The Morgan fingerprint density at radius 1 is 0.655 bits per heavy atom. The van der Waals surface area contributed by atoms with Gasteiger partial charge in [0, 0.05) is 0 Å². The molecule has 0 N–H and O–H groups in total. The standard InChI is InChI=1S/C28H27N/c1-2-3-4-5-6-7-21-10-16-27-25(18-21)13-14-26-19-24(15-17-28(26)27)23-11-8-22(20-29)9-12-23/h8-19H,2-7H2,1H3. The molecule has 0 radical (unpaired) electrons. The summed E-state index contributed by atoms with van der Waals surface area (Å²) >= 11 is 0. The number of fused-ring (bicyclic) bond motifs is 3. The van der Waals surface area contributed by atoms with Crippen LogP contribution in [-0.2, 0) is 6.42 Å². The minimum atomic E-state index is 0.696. The van der Waals surface area contributed by atoms with E-state index in [1.807, 2.05) is 24.3 Å². The normalized spacial score (nSPS) is 11.0. The fourth-order valence-corrected chi connectivity index (χ4v) is 4.13. The summed E-state index contributed by atoms with van der Waals surface area (Å²) in [6.45, 7) is 2.26. The molecule has 29 heavy (non-hydrogen) atoms. The Balaban J connectivity index is 1.59. The van der Waals surface area contributed by atoms with E-state index in [1.165, 1.54) is 71.2 Å². The first-order valence-corrected chi connectivity index (χ1v) is 10.7. The van der Waals surface area contributed by atoms with E-state index in [2.05, 4.69) is 61.5 Å². The Bertz CT molecular complexity index is 1160. The molecule has 1 heteroatoms. The van der Waals surface area contributed by atoms with Gasteiger partial charge in [-0.15, -0.1) is 0 Å². The largest absolute Gasteiger partial charge is 0.192 e. The van der Waals surface area contributed by atoms with Crippen molar-refractivity contribution >= 4 is 21.5 Å². The number of aryl methyl sites for hydroxylation is 1. The minimum Gasteiger partial charge on any atom is -0.192 e. The Labute approximate surface area is 173 Å². The van der Waals surface area contributed by atoms with Gasteiger partial charge in [0.05, 0.1) is 11.6 Å². The summed E-state index contributed by atoms with van der Waals surface area (Å²) in [4.78, 5) is 0. The van der Waals surface area contributed by atoms with Gasteiger partial charge in [0.1, 0.15) is 0 Å². The molecule has 0 fully saturated rings. The van der Waals surface area contributed by atoms with Gasteiger partial charge in [0.25, 0.3) is 0 Å². The van der Waals surface area contributed by atoms with Crippen molar-refractivity contribution < 1.29 is 0 Å². The van der Waals surface area contributed by atoms with Crippen LogP contribution in [0, 0.1) is 11.3 Å². The van der Waals surface area contributed by atoms with Crippen LogP contribution in [0.2, 0.25) is 0 Å². The molecule has 0 saturated carbocycles. The Morgan fingerprint density at radius 3 is 2.03 bits per heavy atom. The molecular formula is C28H27N. The van der Waals surface area contributed by atoms with E-state index in [4.69, 9.17) is 5.26 Å². The highest BCUT2D eigenvalue weighted by molar-refractivity contribution is 6.08. The monoisotopic (exact) mass is 377 g/mol. The van der Waals surface area contributed by atoms with Crippen molar-refractivity contribution in [2.24, 2.45) is 0 Å². The smallest absolute Gasteiger partial charge is 0.0991 e. The number of unbranched alkanes of at least 4 members (excludes halogenated alkanes) is 4. The third-order valence-corrected chi connectivity index (χ3v) is 5.82. The third-order valence-electron chi connectivity index (χ3n) is 5.82. The van der Waals surface area contributed by atoms with Crippen LogP contribution in [0.25, 0.3) is 32.7 Å². The van der Waals surface area contributed by atoms with Crippen molar-refractivity contribution in [2.45, 2.75) is 45.4 Å². The van der Waals surface area contributed by atoms with Crippen LogP contribution in [0.3, 0.4) is 0 Å². The van der Waals surface area contributed by atoms with E-state index in [0.29, 0.717) is 5.56 Å². The predicted molar refractivity (Wildman–Crippen MR) is 124 cm³/mol. The molecule has 0 amide bonds. The van der Waals surface area contributed by atoms with E-state index < -0.39 is 0 Å². The second-order valence-electron chi connectivity index (χ2n) is 7.91. The maximum atomic E-state index is 8.99. The highest BCUT2D eigenvalue weighted by atomic mass is 14.2. The van der Waals surface area contributed by atoms with Crippen molar-refractivity contribution in [3.05, 3.63) is 83.9 Å². The average Bonchev–Trinajstić information content (AvgIpc) is 2.78. The van der Waals surface area contributed by atoms with E-state index in [1.54, 1.807) is 0 Å². The van der Waals surface area contributed by atoms with Crippen LogP contribution >= 0.6 is 0 Å². The molecule has 4 rings (SSSR count). The zero-order valence-corrected chi connectivity index (χ0v) is 17.1. The fourth-order valence-electron chi connectivity index (χ4n) is 4.13. The lowest BCUT2D eigenvalue weighted by molar-refractivity contribution is 0.632. The predicted octanol–water partition coefficient (Wildman–Crippen LogP) is 8.04. The molecule has 0 atom stereocenters. The summed E-state index contributed by atoms with van der Waals surface area (Å²) in [5.41, 5.74) is 4.47. The average molecular weight is 378 g/mol. The highest BCUT2D eigenvalue weighted by Crippen LogP contribution is 2.30. The number of nitrogens with zero attached hydrogens (tertiary/aromatic N) is 1. The van der Waals surface area contributed by atoms with Crippen molar-refractivity contribution in [1.82, 2.24) is 0 Å². The van der Waals surface area contributed by atoms with Crippen molar-refractivity contribution in [1.29, 1.82) is 5.26 Å². The van der Waals surface area contributed by atoms with Gasteiger partial charge < -0.3 is 0 Å². The van der Waals surface area contributed by atoms with Gasteiger partial charge in [-0.3, -0.25) is 0 Å². The number of rotatable bonds is 7. The first-order valence-electron chi connectivity index (χ1n) is 10.7. The van der Waals surface area contributed by atoms with Crippen molar-refractivity contribution in [3.63, 3.8) is 0 Å². The van der Waals surface area contributed by atoms with Crippen LogP contribution in [0.1, 0.15) is 50.2 Å². The number of hydrogen-bond donors (Lipinski definition) is 0. The summed E-state index contributed by atoms with van der Waals surface area (Å²) in [5.74, 6) is 0. The van der Waals surface area contributed by atoms with Crippen molar-refractivity contribution in [3.8, 4) is 17.2 Å². The zero-order valence-electron chi connectivity index (χ0n) is 17.1. The Hall–Kier alpha value is -3.11. The molecular weight excluding hydrogens is 350 g/mol. The number of benzene rings is 4. The SMILES string of the molecule is CCCCCCCc1ccc2c(ccc3cc(-c4ccc(C#N)cc4)ccc32)c1. The second kappa shape index (κ2) is 8.93. The maximum absolute atomic E-state index is 8.99. The van der Waals surface area contributed by atoms with Gasteiger partial charge in [-0.1, -0.05) is 87.2 Å². The van der Waals surface area contributed by atoms with Crippen LogP contribution < -0.4 is 0 Å². The molecule has 0 aliphatic heterocycles. The Morgan fingerprint density at radius 2 is 1.31 bits per heavy atom. The summed E-state index contributed by atoms with van der Waals surface area (Å²) in [7, 11) is 0. The van der Waals surface area contributed by atoms with E-state index in [0.717, 1.165) is 5.56 Å². The lowest BCUT2D eigenvalue weighted by Crippen LogP contribution is -1.87. The van der Waals surface area contributed by atoms with E-state index in [9.17, 15) is 0 Å². The molecule has 144 valence electrons. The number of hydrogen-bond acceptors (Lipinski definition) is 1. The van der Waals surface area contributed by atoms with Crippen LogP contribution in [0.4, 0.5) is 0 Å². The van der Waals surface area contributed by atoms with Gasteiger partial charge in [0.2, 0.25) is 0 Å². The molecule has 4 aromatic rings. The molecule has 0 aliphatic carbocycles. The zero-order chi connectivity index (χ0) is 20.1. The van der Waals surface area contributed by atoms with Crippen LogP contribution in [-0.4, -0.2) is 0 Å². The molecule has 0 bridgehead atoms. The summed E-state index contributed by atoms with van der Waals surface area (Å²) in [6, 6.07) is 28.1. The molecule has 0 spiro atoms. The second-order valence-corrected chi connectivity index (χ2v) is 7.91. The lowest BCUT2D eigenvalue weighted by Gasteiger charge is -2.09. The lowest BCUT2D eigenvalue weighted by atomic mass is 9.95. The maximum Gasteiger partial charge on any atom is 0.0991 e. The van der Waals surface area contributed by atoms with Gasteiger partial charge in [-0.2, -0.15) is 5.26 Å². The van der Waals surface area contributed by atoms with Gasteiger partial charge in [0.15, 0.2) is 0 Å². The van der Waals surface area contributed by atoms with Gasteiger partial charge >= 0.3 is 0 Å². The molecule has 0 heterocycles. The molecule has 4 aromatic carbocycles. The topological polar surface area (TPSA) is 23.8 Å². The summed E-state index contributed by atoms with van der Waals surface area (Å²) in [6.07, 6.45) is 7.81. The summed E-state index contributed by atoms with van der Waals surface area (Å²) in [5, 5.41) is 14.2. The van der Waals surface area contributed by atoms with Crippen molar-refractivity contribution in [2.75, 3.05) is 0 Å². The molecule has 0 aliphatic rings. The summed E-state index contributed by atoms with van der Waals surface area (Å²) < 4.78 is 0. The molecule has 1 nitrogen and oxygen atoms in total. The van der Waals surface area contributed by atoms with E-state index in [-0.39, 0.29) is 0 Å². The molecule has 0 saturated heterocycles. The molecule has 0 unspecified atom stereocenters. The minimum absolute atomic E-state index is 0.696. The van der Waals surface area contributed by atoms with Gasteiger partial charge in [-0.25, -0.2) is 0 Å². The van der Waals surface area contributed by atoms with Crippen LogP contribution in [0.5, 0.6) is 0 Å². The Kier molecular flexibility index (Phi) is 5.92. The number of nitriles is 1. The first kappa shape index (κ1) is 19.2. The highest BCUT2D eigenvalue weighted by Gasteiger charge is 2.05. The first-order chi connectivity index (χ1) is 14.3. The van der Waals surface area contributed by atoms with Crippen LogP contribution in [0.15, 0.2) is 72.8 Å². The van der Waals surface area contributed by atoms with Gasteiger partial charge in [-0.05, 0) is 69.3 Å². The van der Waals surface area contributed by atoms with E-state index >= 15 is 0 Å². The molecule has 0 aromatic heterocycles. The third kappa shape index (κ3) is 4.33. The quantitative estimate of drug-likeness (QED) is 0.236.